The number of carbonyl (C=O) groups is 2. The lowest BCUT2D eigenvalue weighted by atomic mass is 10.4. The van der Waals surface area contributed by atoms with E-state index >= 15 is 0 Å². The molecule has 2 amide bonds. The van der Waals surface area contributed by atoms with Crippen LogP contribution in [-0.4, -0.2) is 27.8 Å². The van der Waals surface area contributed by atoms with Crippen molar-refractivity contribution >= 4 is 17.5 Å². The highest BCUT2D eigenvalue weighted by Gasteiger charge is 2.28. The van der Waals surface area contributed by atoms with Gasteiger partial charge in [0.2, 0.25) is 11.8 Å². The van der Waals surface area contributed by atoms with Crippen LogP contribution in [0.5, 0.6) is 0 Å². The number of pyridine rings is 1. The van der Waals surface area contributed by atoms with E-state index in [-0.39, 0.29) is 43.3 Å². The first-order valence-electron chi connectivity index (χ1n) is 5.37. The minimum Gasteiger partial charge on any atom is -0.398 e. The first-order valence-corrected chi connectivity index (χ1v) is 5.37. The van der Waals surface area contributed by atoms with Gasteiger partial charge in [0, 0.05) is 43.9 Å². The van der Waals surface area contributed by atoms with Gasteiger partial charge in [-0.1, -0.05) is 0 Å². The summed E-state index contributed by atoms with van der Waals surface area (Å²) in [6, 6.07) is 2.88. The normalized spacial score (nSPS) is 15.6. The van der Waals surface area contributed by atoms with Crippen LogP contribution in [-0.2, 0) is 16.1 Å². The number of likely N-dealkylation sites (tertiary alicyclic amines) is 1. The summed E-state index contributed by atoms with van der Waals surface area (Å²) >= 11 is 0. The van der Waals surface area contributed by atoms with Crippen molar-refractivity contribution in [2.75, 3.05) is 12.3 Å². The summed E-state index contributed by atoms with van der Waals surface area (Å²) in [6.45, 7) is 0.502. The zero-order valence-corrected chi connectivity index (χ0v) is 9.26. The van der Waals surface area contributed by atoms with Gasteiger partial charge in [-0.3, -0.25) is 19.3 Å². The van der Waals surface area contributed by atoms with Gasteiger partial charge in [-0.15, -0.1) is 0 Å². The number of carbonyl (C=O) groups excluding carboxylic acids is 2. The molecule has 1 aliphatic heterocycles. The lowest BCUT2D eigenvalue weighted by Gasteiger charge is -2.14. The topological polar surface area (TPSA) is 85.4 Å². The maximum Gasteiger partial charge on any atom is 0.250 e. The SMILES string of the molecule is Nc1ccc(=O)n(CCN2C(=O)CCC2=O)c1. The molecule has 0 spiro atoms. The molecule has 0 atom stereocenters. The lowest BCUT2D eigenvalue weighted by molar-refractivity contribution is -0.138. The van der Waals surface area contributed by atoms with E-state index in [4.69, 9.17) is 5.73 Å². The summed E-state index contributed by atoms with van der Waals surface area (Å²) < 4.78 is 1.40. The molecule has 0 unspecified atom stereocenters. The Morgan fingerprint density at radius 1 is 1.06 bits per heavy atom. The molecule has 17 heavy (non-hydrogen) atoms. The van der Waals surface area contributed by atoms with E-state index in [0.29, 0.717) is 5.69 Å². The Morgan fingerprint density at radius 3 is 2.35 bits per heavy atom. The quantitative estimate of drug-likeness (QED) is 0.721. The molecule has 0 aromatic carbocycles. The van der Waals surface area contributed by atoms with Crippen molar-refractivity contribution in [3.05, 3.63) is 28.7 Å². The van der Waals surface area contributed by atoms with E-state index < -0.39 is 0 Å². The molecule has 0 aliphatic carbocycles. The van der Waals surface area contributed by atoms with Gasteiger partial charge in [0.05, 0.1) is 0 Å². The molecule has 2 N–H and O–H groups in total. The zero-order chi connectivity index (χ0) is 12.4. The Labute approximate surface area is 97.6 Å². The van der Waals surface area contributed by atoms with Crippen molar-refractivity contribution in [3.63, 3.8) is 0 Å². The third kappa shape index (κ3) is 2.35. The molecule has 6 heteroatoms. The molecular formula is C11H13N3O3. The first kappa shape index (κ1) is 11.4. The van der Waals surface area contributed by atoms with Crippen LogP contribution in [0.1, 0.15) is 12.8 Å². The van der Waals surface area contributed by atoms with Crippen molar-refractivity contribution in [2.45, 2.75) is 19.4 Å². The Morgan fingerprint density at radius 2 is 1.71 bits per heavy atom. The average molecular weight is 235 g/mol. The first-order chi connectivity index (χ1) is 8.08. The van der Waals surface area contributed by atoms with Crippen LogP contribution in [0.3, 0.4) is 0 Å². The number of rotatable bonds is 3. The fourth-order valence-corrected chi connectivity index (χ4v) is 1.80. The number of nitrogens with zero attached hydrogens (tertiary/aromatic N) is 2. The molecule has 1 aromatic rings. The van der Waals surface area contributed by atoms with E-state index in [9.17, 15) is 14.4 Å². The number of hydrogen-bond acceptors (Lipinski definition) is 4. The Kier molecular flexibility index (Phi) is 2.95. The predicted molar refractivity (Wildman–Crippen MR) is 61.1 cm³/mol. The molecule has 1 saturated heterocycles. The second kappa shape index (κ2) is 4.40. The van der Waals surface area contributed by atoms with Gasteiger partial charge in [0.25, 0.3) is 5.56 Å². The highest BCUT2D eigenvalue weighted by atomic mass is 16.2. The number of aromatic nitrogens is 1. The molecule has 2 heterocycles. The van der Waals surface area contributed by atoms with Gasteiger partial charge in [-0.25, -0.2) is 0 Å². The van der Waals surface area contributed by atoms with Crippen molar-refractivity contribution < 1.29 is 9.59 Å². The van der Waals surface area contributed by atoms with Crippen LogP contribution in [0.4, 0.5) is 5.69 Å². The largest absolute Gasteiger partial charge is 0.398 e. The average Bonchev–Trinajstić information content (AvgIpc) is 2.61. The van der Waals surface area contributed by atoms with E-state index in [1.165, 1.54) is 27.8 Å². The Hall–Kier alpha value is -2.11. The minimum atomic E-state index is -0.196. The summed E-state index contributed by atoms with van der Waals surface area (Å²) in [5.41, 5.74) is 5.84. The third-order valence-electron chi connectivity index (χ3n) is 2.73. The second-order valence-corrected chi connectivity index (χ2v) is 3.93. The fraction of sp³-hybridized carbons (Fsp3) is 0.364. The molecule has 6 nitrogen and oxygen atoms in total. The van der Waals surface area contributed by atoms with Crippen LogP contribution in [0, 0.1) is 0 Å². The van der Waals surface area contributed by atoms with Gasteiger partial charge >= 0.3 is 0 Å². The smallest absolute Gasteiger partial charge is 0.250 e. The molecule has 0 radical (unpaired) electrons. The fourth-order valence-electron chi connectivity index (χ4n) is 1.80. The molecule has 1 aliphatic rings. The molecule has 0 bridgehead atoms. The van der Waals surface area contributed by atoms with Gasteiger partial charge in [0.15, 0.2) is 0 Å². The monoisotopic (exact) mass is 235 g/mol. The van der Waals surface area contributed by atoms with Crippen molar-refractivity contribution in [1.29, 1.82) is 0 Å². The van der Waals surface area contributed by atoms with Gasteiger partial charge in [-0.05, 0) is 6.07 Å². The Bertz CT molecular complexity index is 505. The van der Waals surface area contributed by atoms with Gasteiger partial charge in [0.1, 0.15) is 0 Å². The number of nitrogen functional groups attached to an aromatic ring is 1. The second-order valence-electron chi connectivity index (χ2n) is 3.93. The van der Waals surface area contributed by atoms with E-state index in [0.717, 1.165) is 0 Å². The summed E-state index contributed by atoms with van der Waals surface area (Å²) in [6.07, 6.45) is 2.04. The van der Waals surface area contributed by atoms with Crippen LogP contribution < -0.4 is 11.3 Å². The molecule has 1 aromatic heterocycles. The molecule has 90 valence electrons. The maximum atomic E-state index is 11.5. The summed E-state index contributed by atoms with van der Waals surface area (Å²) in [4.78, 5) is 35.4. The molecule has 2 rings (SSSR count). The third-order valence-corrected chi connectivity index (χ3v) is 2.73. The molecular weight excluding hydrogens is 222 g/mol. The zero-order valence-electron chi connectivity index (χ0n) is 9.26. The van der Waals surface area contributed by atoms with E-state index in [1.807, 2.05) is 0 Å². The number of nitrogens with two attached hydrogens (primary N) is 1. The van der Waals surface area contributed by atoms with Crippen molar-refractivity contribution in [3.8, 4) is 0 Å². The minimum absolute atomic E-state index is 0.174. The van der Waals surface area contributed by atoms with E-state index in [1.54, 1.807) is 0 Å². The van der Waals surface area contributed by atoms with Crippen molar-refractivity contribution in [1.82, 2.24) is 9.47 Å². The van der Waals surface area contributed by atoms with E-state index in [2.05, 4.69) is 0 Å². The van der Waals surface area contributed by atoms with Gasteiger partial charge < -0.3 is 10.3 Å². The molecule has 1 fully saturated rings. The van der Waals surface area contributed by atoms with Crippen LogP contribution >= 0.6 is 0 Å². The van der Waals surface area contributed by atoms with Crippen LogP contribution in [0.15, 0.2) is 23.1 Å². The standard InChI is InChI=1S/C11H13N3O3/c12-8-1-2-9(15)13(7-8)5-6-14-10(16)3-4-11(14)17/h1-2,7H,3-6,12H2. The summed E-state index contributed by atoms with van der Waals surface area (Å²) in [7, 11) is 0. The summed E-state index contributed by atoms with van der Waals surface area (Å²) in [5, 5.41) is 0. The summed E-state index contributed by atoms with van der Waals surface area (Å²) in [5.74, 6) is -0.348. The predicted octanol–water partition coefficient (Wildman–Crippen LogP) is -0.421. The number of amides is 2. The highest BCUT2D eigenvalue weighted by Crippen LogP contribution is 2.11. The Balaban J connectivity index is 2.07. The maximum absolute atomic E-state index is 11.5. The van der Waals surface area contributed by atoms with Gasteiger partial charge in [-0.2, -0.15) is 0 Å². The number of anilines is 1. The number of imide groups is 1. The van der Waals surface area contributed by atoms with Crippen molar-refractivity contribution in [2.24, 2.45) is 0 Å². The van der Waals surface area contributed by atoms with Crippen LogP contribution in [0.2, 0.25) is 0 Å². The van der Waals surface area contributed by atoms with Crippen LogP contribution in [0.25, 0.3) is 0 Å². The molecule has 0 saturated carbocycles. The number of hydrogen-bond donors (Lipinski definition) is 1. The lowest BCUT2D eigenvalue weighted by Crippen LogP contribution is -2.34. The highest BCUT2D eigenvalue weighted by molar-refractivity contribution is 6.01.